The van der Waals surface area contributed by atoms with Crippen LogP contribution in [0.3, 0.4) is 0 Å². The number of amides is 2. The molecule has 0 unspecified atom stereocenters. The molecule has 1 N–H and O–H groups in total. The van der Waals surface area contributed by atoms with Gasteiger partial charge in [-0.2, -0.15) is 4.98 Å². The van der Waals surface area contributed by atoms with Crippen LogP contribution in [-0.2, 0) is 4.79 Å². The SMILES string of the molecule is C#Cc1cccc(NC(=O)CN(C)C(=O)c2ccc(-c3nc(C)no3)cc2)c1. The third-order valence-corrected chi connectivity index (χ3v) is 3.95. The minimum absolute atomic E-state index is 0.0935. The van der Waals surface area contributed by atoms with Crippen LogP contribution in [-0.4, -0.2) is 40.4 Å². The summed E-state index contributed by atoms with van der Waals surface area (Å²) in [6.45, 7) is 1.64. The van der Waals surface area contributed by atoms with E-state index in [1.165, 1.54) is 4.90 Å². The Labute approximate surface area is 162 Å². The summed E-state index contributed by atoms with van der Waals surface area (Å²) in [6, 6.07) is 13.7. The lowest BCUT2D eigenvalue weighted by atomic mass is 10.1. The van der Waals surface area contributed by atoms with Crippen molar-refractivity contribution in [1.82, 2.24) is 15.0 Å². The molecule has 1 aromatic heterocycles. The van der Waals surface area contributed by atoms with Crippen molar-refractivity contribution >= 4 is 17.5 Å². The Morgan fingerprint density at radius 3 is 2.61 bits per heavy atom. The van der Waals surface area contributed by atoms with Gasteiger partial charge in [-0.25, -0.2) is 0 Å². The van der Waals surface area contributed by atoms with Gasteiger partial charge in [0.15, 0.2) is 5.82 Å². The third kappa shape index (κ3) is 4.43. The molecule has 0 fully saturated rings. The van der Waals surface area contributed by atoms with E-state index >= 15 is 0 Å². The van der Waals surface area contributed by atoms with Gasteiger partial charge >= 0.3 is 0 Å². The van der Waals surface area contributed by atoms with E-state index in [-0.39, 0.29) is 18.4 Å². The normalized spacial score (nSPS) is 10.2. The highest BCUT2D eigenvalue weighted by molar-refractivity contribution is 5.99. The zero-order chi connectivity index (χ0) is 20.1. The average Bonchev–Trinajstić information content (AvgIpc) is 3.14. The second-order valence-electron chi connectivity index (χ2n) is 6.16. The number of carbonyl (C=O) groups is 2. The van der Waals surface area contributed by atoms with E-state index in [2.05, 4.69) is 21.4 Å². The van der Waals surface area contributed by atoms with Gasteiger partial charge in [-0.15, -0.1) is 6.42 Å². The minimum Gasteiger partial charge on any atom is -0.334 e. The number of rotatable bonds is 5. The van der Waals surface area contributed by atoms with E-state index in [0.717, 1.165) is 0 Å². The highest BCUT2D eigenvalue weighted by Crippen LogP contribution is 2.18. The topological polar surface area (TPSA) is 88.3 Å². The molecule has 28 heavy (non-hydrogen) atoms. The summed E-state index contributed by atoms with van der Waals surface area (Å²) >= 11 is 0. The van der Waals surface area contributed by atoms with Gasteiger partial charge in [-0.1, -0.05) is 17.1 Å². The van der Waals surface area contributed by atoms with Crippen LogP contribution >= 0.6 is 0 Å². The van der Waals surface area contributed by atoms with Crippen LogP contribution in [0, 0.1) is 19.3 Å². The van der Waals surface area contributed by atoms with Crippen LogP contribution in [0.15, 0.2) is 53.1 Å². The molecular formula is C21H18N4O3. The van der Waals surface area contributed by atoms with E-state index in [1.54, 1.807) is 62.5 Å². The Morgan fingerprint density at radius 1 is 1.21 bits per heavy atom. The predicted molar refractivity (Wildman–Crippen MR) is 104 cm³/mol. The van der Waals surface area contributed by atoms with Gasteiger partial charge in [-0.05, 0) is 49.4 Å². The number of nitrogens with zero attached hydrogens (tertiary/aromatic N) is 3. The number of carbonyl (C=O) groups excluding carboxylic acids is 2. The lowest BCUT2D eigenvalue weighted by molar-refractivity contribution is -0.116. The Morgan fingerprint density at radius 2 is 1.96 bits per heavy atom. The van der Waals surface area contributed by atoms with Gasteiger partial charge in [-0.3, -0.25) is 9.59 Å². The molecule has 0 atom stereocenters. The molecule has 0 aliphatic rings. The Hall–Kier alpha value is -3.92. The molecule has 3 aromatic rings. The van der Waals surface area contributed by atoms with Crippen molar-refractivity contribution < 1.29 is 14.1 Å². The maximum absolute atomic E-state index is 12.6. The fourth-order valence-corrected chi connectivity index (χ4v) is 2.56. The largest absolute Gasteiger partial charge is 0.334 e. The van der Waals surface area contributed by atoms with Crippen molar-refractivity contribution in [3.63, 3.8) is 0 Å². The monoisotopic (exact) mass is 374 g/mol. The van der Waals surface area contributed by atoms with E-state index < -0.39 is 0 Å². The summed E-state index contributed by atoms with van der Waals surface area (Å²) in [7, 11) is 1.56. The molecule has 0 saturated heterocycles. The van der Waals surface area contributed by atoms with Crippen LogP contribution in [0.2, 0.25) is 0 Å². The van der Waals surface area contributed by atoms with E-state index in [4.69, 9.17) is 10.9 Å². The molecule has 2 aromatic carbocycles. The van der Waals surface area contributed by atoms with Crippen molar-refractivity contribution in [1.29, 1.82) is 0 Å². The maximum atomic E-state index is 12.6. The fourth-order valence-electron chi connectivity index (χ4n) is 2.56. The van der Waals surface area contributed by atoms with Crippen molar-refractivity contribution in [3.8, 4) is 23.8 Å². The molecule has 140 valence electrons. The third-order valence-electron chi connectivity index (χ3n) is 3.95. The summed E-state index contributed by atoms with van der Waals surface area (Å²) in [4.78, 5) is 30.3. The van der Waals surface area contributed by atoms with Crippen molar-refractivity contribution in [2.24, 2.45) is 0 Å². The first-order valence-electron chi connectivity index (χ1n) is 8.49. The van der Waals surface area contributed by atoms with Gasteiger partial charge in [0.2, 0.25) is 5.91 Å². The highest BCUT2D eigenvalue weighted by atomic mass is 16.5. The fraction of sp³-hybridized carbons (Fsp3) is 0.143. The van der Waals surface area contributed by atoms with Crippen molar-refractivity contribution in [2.45, 2.75) is 6.92 Å². The Kier molecular flexibility index (Phi) is 5.51. The molecule has 0 aliphatic carbocycles. The maximum Gasteiger partial charge on any atom is 0.257 e. The molecule has 0 saturated carbocycles. The lowest BCUT2D eigenvalue weighted by Gasteiger charge is -2.17. The molecule has 7 nitrogen and oxygen atoms in total. The minimum atomic E-state index is -0.317. The van der Waals surface area contributed by atoms with Gasteiger partial charge in [0, 0.05) is 29.4 Å². The van der Waals surface area contributed by atoms with E-state index in [0.29, 0.717) is 34.1 Å². The summed E-state index contributed by atoms with van der Waals surface area (Å²) in [5, 5.41) is 6.47. The molecule has 7 heteroatoms. The number of hydrogen-bond acceptors (Lipinski definition) is 5. The van der Waals surface area contributed by atoms with Gasteiger partial charge in [0.05, 0.1) is 6.54 Å². The number of likely N-dealkylation sites (N-methyl/N-ethyl adjacent to an activating group) is 1. The number of anilines is 1. The van der Waals surface area contributed by atoms with Crippen molar-refractivity contribution in [2.75, 3.05) is 18.9 Å². The highest BCUT2D eigenvalue weighted by Gasteiger charge is 2.16. The number of hydrogen-bond donors (Lipinski definition) is 1. The number of nitrogens with one attached hydrogen (secondary N) is 1. The van der Waals surface area contributed by atoms with Crippen LogP contribution in [0.4, 0.5) is 5.69 Å². The summed E-state index contributed by atoms with van der Waals surface area (Å²) in [5.74, 6) is 2.84. The quantitative estimate of drug-likeness (QED) is 0.694. The Bertz CT molecular complexity index is 1050. The number of benzene rings is 2. The van der Waals surface area contributed by atoms with Crippen LogP contribution in [0.25, 0.3) is 11.5 Å². The van der Waals surface area contributed by atoms with Gasteiger partial charge < -0.3 is 14.7 Å². The van der Waals surface area contributed by atoms with Crippen LogP contribution in [0.1, 0.15) is 21.7 Å². The van der Waals surface area contributed by atoms with Crippen LogP contribution < -0.4 is 5.32 Å². The van der Waals surface area contributed by atoms with Crippen molar-refractivity contribution in [3.05, 3.63) is 65.5 Å². The summed E-state index contributed by atoms with van der Waals surface area (Å²) in [5.41, 5.74) is 2.41. The molecule has 0 aliphatic heterocycles. The molecular weight excluding hydrogens is 356 g/mol. The average molecular weight is 374 g/mol. The summed E-state index contributed by atoms with van der Waals surface area (Å²) in [6.07, 6.45) is 5.35. The van der Waals surface area contributed by atoms with Gasteiger partial charge in [0.1, 0.15) is 0 Å². The molecule has 0 spiro atoms. The molecule has 0 bridgehead atoms. The second-order valence-corrected chi connectivity index (χ2v) is 6.16. The lowest BCUT2D eigenvalue weighted by Crippen LogP contribution is -2.34. The predicted octanol–water partition coefficient (Wildman–Crippen LogP) is 2.74. The van der Waals surface area contributed by atoms with Crippen LogP contribution in [0.5, 0.6) is 0 Å². The standard InChI is InChI=1S/C21H18N4O3/c1-4-15-6-5-7-18(12-15)23-19(26)13-25(3)21(27)17-10-8-16(9-11-17)20-22-14(2)24-28-20/h1,5-12H,13H2,2-3H3,(H,23,26). The number of aromatic nitrogens is 2. The number of aryl methyl sites for hydroxylation is 1. The Balaban J connectivity index is 1.62. The molecule has 0 radical (unpaired) electrons. The first-order valence-corrected chi connectivity index (χ1v) is 8.49. The molecule has 1 heterocycles. The zero-order valence-corrected chi connectivity index (χ0v) is 15.5. The van der Waals surface area contributed by atoms with E-state index in [9.17, 15) is 9.59 Å². The number of terminal acetylenes is 1. The molecule has 3 rings (SSSR count). The first-order chi connectivity index (χ1) is 13.5. The first kappa shape index (κ1) is 18.9. The molecule has 2 amide bonds. The summed E-state index contributed by atoms with van der Waals surface area (Å²) < 4.78 is 5.10. The smallest absolute Gasteiger partial charge is 0.257 e. The zero-order valence-electron chi connectivity index (χ0n) is 15.5. The van der Waals surface area contributed by atoms with E-state index in [1.807, 2.05) is 0 Å². The van der Waals surface area contributed by atoms with Gasteiger partial charge in [0.25, 0.3) is 11.8 Å². The second kappa shape index (κ2) is 8.18.